The molecule has 0 aliphatic heterocycles. The number of carbonyl (C=O) groups excluding carboxylic acids is 2. The molecular formula is C7H14N2O2. The van der Waals surface area contributed by atoms with E-state index in [0.717, 1.165) is 0 Å². The Bertz CT molecular complexity index is 166. The number of nitrogens with one attached hydrogen (secondary N) is 1. The minimum atomic E-state index is -0.789. The standard InChI is InChI=1S/C7H14N2O2/c1-4(2)5(3)6(10)9-7(8)11/h4-5H,1-3H3,(H3,8,9,10,11). The number of amides is 3. The molecular weight excluding hydrogens is 144 g/mol. The number of hydrogen-bond donors (Lipinski definition) is 2. The molecule has 0 bridgehead atoms. The molecule has 0 heterocycles. The summed E-state index contributed by atoms with van der Waals surface area (Å²) in [7, 11) is 0. The molecule has 0 rings (SSSR count). The fraction of sp³-hybridized carbons (Fsp3) is 0.714. The van der Waals surface area contributed by atoms with Gasteiger partial charge < -0.3 is 5.73 Å². The van der Waals surface area contributed by atoms with Gasteiger partial charge >= 0.3 is 6.03 Å². The van der Waals surface area contributed by atoms with Crippen LogP contribution in [-0.2, 0) is 4.79 Å². The van der Waals surface area contributed by atoms with Crippen molar-refractivity contribution in [2.45, 2.75) is 20.8 Å². The number of primary amides is 1. The van der Waals surface area contributed by atoms with Crippen LogP contribution in [0, 0.1) is 11.8 Å². The average Bonchev–Trinajstić information content (AvgIpc) is 1.84. The van der Waals surface area contributed by atoms with Gasteiger partial charge in [-0.15, -0.1) is 0 Å². The summed E-state index contributed by atoms with van der Waals surface area (Å²) in [5.74, 6) is -0.274. The molecule has 0 aliphatic rings. The van der Waals surface area contributed by atoms with E-state index in [-0.39, 0.29) is 17.7 Å². The Kier molecular flexibility index (Phi) is 3.57. The smallest absolute Gasteiger partial charge is 0.318 e. The summed E-state index contributed by atoms with van der Waals surface area (Å²) < 4.78 is 0. The minimum Gasteiger partial charge on any atom is -0.351 e. The zero-order valence-electron chi connectivity index (χ0n) is 7.05. The zero-order chi connectivity index (χ0) is 9.02. The molecule has 11 heavy (non-hydrogen) atoms. The van der Waals surface area contributed by atoms with Gasteiger partial charge in [0.2, 0.25) is 5.91 Å². The summed E-state index contributed by atoms with van der Waals surface area (Å²) in [6.07, 6.45) is 0. The van der Waals surface area contributed by atoms with Crippen molar-refractivity contribution >= 4 is 11.9 Å². The first-order valence-electron chi connectivity index (χ1n) is 3.55. The Labute approximate surface area is 66.1 Å². The molecule has 64 valence electrons. The second-order valence-corrected chi connectivity index (χ2v) is 2.89. The van der Waals surface area contributed by atoms with Crippen molar-refractivity contribution in [3.8, 4) is 0 Å². The second kappa shape index (κ2) is 3.95. The first kappa shape index (κ1) is 9.94. The maximum Gasteiger partial charge on any atom is 0.318 e. The van der Waals surface area contributed by atoms with Gasteiger partial charge in [-0.1, -0.05) is 20.8 Å². The predicted octanol–water partition coefficient (Wildman–Crippen LogP) is 0.473. The normalized spacial score (nSPS) is 12.7. The third kappa shape index (κ3) is 3.60. The van der Waals surface area contributed by atoms with E-state index in [0.29, 0.717) is 0 Å². The Hall–Kier alpha value is -1.06. The molecule has 1 atom stereocenters. The monoisotopic (exact) mass is 158 g/mol. The summed E-state index contributed by atoms with van der Waals surface area (Å²) in [6, 6.07) is -0.789. The van der Waals surface area contributed by atoms with E-state index in [1.54, 1.807) is 6.92 Å². The third-order valence-corrected chi connectivity index (χ3v) is 1.66. The van der Waals surface area contributed by atoms with Gasteiger partial charge in [0.15, 0.2) is 0 Å². The van der Waals surface area contributed by atoms with Crippen LogP contribution in [0.15, 0.2) is 0 Å². The molecule has 4 nitrogen and oxygen atoms in total. The van der Waals surface area contributed by atoms with Gasteiger partial charge in [0.05, 0.1) is 0 Å². The van der Waals surface area contributed by atoms with Crippen LogP contribution in [-0.4, -0.2) is 11.9 Å². The van der Waals surface area contributed by atoms with Gasteiger partial charge in [0, 0.05) is 5.92 Å². The van der Waals surface area contributed by atoms with Gasteiger partial charge in [-0.25, -0.2) is 4.79 Å². The van der Waals surface area contributed by atoms with Crippen LogP contribution >= 0.6 is 0 Å². The van der Waals surface area contributed by atoms with E-state index < -0.39 is 6.03 Å². The molecule has 0 aliphatic carbocycles. The SMILES string of the molecule is CC(C)C(C)C(=O)NC(N)=O. The van der Waals surface area contributed by atoms with Crippen LogP contribution in [0.2, 0.25) is 0 Å². The number of carbonyl (C=O) groups is 2. The van der Waals surface area contributed by atoms with Gasteiger partial charge in [-0.3, -0.25) is 10.1 Å². The largest absolute Gasteiger partial charge is 0.351 e. The molecule has 0 saturated heterocycles. The lowest BCUT2D eigenvalue weighted by Crippen LogP contribution is -2.39. The summed E-state index contributed by atoms with van der Waals surface area (Å²) in [6.45, 7) is 5.57. The van der Waals surface area contributed by atoms with Gasteiger partial charge in [0.1, 0.15) is 0 Å². The third-order valence-electron chi connectivity index (χ3n) is 1.66. The van der Waals surface area contributed by atoms with Crippen LogP contribution < -0.4 is 11.1 Å². The molecule has 0 spiro atoms. The number of imide groups is 1. The minimum absolute atomic E-state index is 0.178. The molecule has 0 aromatic carbocycles. The number of hydrogen-bond acceptors (Lipinski definition) is 2. The molecule has 4 heteroatoms. The number of nitrogens with two attached hydrogens (primary N) is 1. The Morgan fingerprint density at radius 2 is 1.73 bits per heavy atom. The van der Waals surface area contributed by atoms with E-state index in [1.807, 2.05) is 19.2 Å². The maximum absolute atomic E-state index is 11.0. The fourth-order valence-corrected chi connectivity index (χ4v) is 0.538. The fourth-order valence-electron chi connectivity index (χ4n) is 0.538. The molecule has 1 unspecified atom stereocenters. The lowest BCUT2D eigenvalue weighted by atomic mass is 9.97. The summed E-state index contributed by atoms with van der Waals surface area (Å²) in [5.41, 5.74) is 4.76. The topological polar surface area (TPSA) is 72.2 Å². The molecule has 0 aromatic heterocycles. The molecule has 0 fully saturated rings. The quantitative estimate of drug-likeness (QED) is 0.613. The van der Waals surface area contributed by atoms with Gasteiger partial charge in [-0.05, 0) is 5.92 Å². The van der Waals surface area contributed by atoms with Crippen molar-refractivity contribution < 1.29 is 9.59 Å². The summed E-state index contributed by atoms with van der Waals surface area (Å²) >= 11 is 0. The van der Waals surface area contributed by atoms with Crippen molar-refractivity contribution in [3.63, 3.8) is 0 Å². The zero-order valence-corrected chi connectivity index (χ0v) is 7.05. The van der Waals surface area contributed by atoms with Crippen LogP contribution in [0.1, 0.15) is 20.8 Å². The van der Waals surface area contributed by atoms with E-state index in [4.69, 9.17) is 5.73 Å². The number of urea groups is 1. The Morgan fingerprint density at radius 3 is 2.00 bits per heavy atom. The highest BCUT2D eigenvalue weighted by Gasteiger charge is 2.17. The Balaban J connectivity index is 3.93. The average molecular weight is 158 g/mol. The van der Waals surface area contributed by atoms with Crippen LogP contribution in [0.25, 0.3) is 0 Å². The van der Waals surface area contributed by atoms with E-state index in [1.165, 1.54) is 0 Å². The second-order valence-electron chi connectivity index (χ2n) is 2.89. The molecule has 0 radical (unpaired) electrons. The molecule has 3 N–H and O–H groups in total. The lowest BCUT2D eigenvalue weighted by molar-refractivity contribution is -0.124. The van der Waals surface area contributed by atoms with E-state index in [2.05, 4.69) is 0 Å². The van der Waals surface area contributed by atoms with Crippen molar-refractivity contribution in [1.82, 2.24) is 5.32 Å². The van der Waals surface area contributed by atoms with Crippen molar-refractivity contribution in [2.24, 2.45) is 17.6 Å². The highest BCUT2D eigenvalue weighted by atomic mass is 16.2. The highest BCUT2D eigenvalue weighted by molar-refractivity contribution is 5.94. The lowest BCUT2D eigenvalue weighted by Gasteiger charge is -2.12. The first-order chi connectivity index (χ1) is 4.95. The van der Waals surface area contributed by atoms with Crippen molar-refractivity contribution in [3.05, 3.63) is 0 Å². The molecule has 3 amide bonds. The van der Waals surface area contributed by atoms with E-state index in [9.17, 15) is 9.59 Å². The van der Waals surface area contributed by atoms with Gasteiger partial charge in [0.25, 0.3) is 0 Å². The Morgan fingerprint density at radius 1 is 1.27 bits per heavy atom. The molecule has 0 saturated carbocycles. The maximum atomic E-state index is 11.0. The van der Waals surface area contributed by atoms with Gasteiger partial charge in [-0.2, -0.15) is 0 Å². The van der Waals surface area contributed by atoms with Crippen LogP contribution in [0.5, 0.6) is 0 Å². The van der Waals surface area contributed by atoms with Crippen LogP contribution in [0.3, 0.4) is 0 Å². The first-order valence-corrected chi connectivity index (χ1v) is 3.55. The highest BCUT2D eigenvalue weighted by Crippen LogP contribution is 2.08. The summed E-state index contributed by atoms with van der Waals surface area (Å²) in [5, 5.41) is 2.02. The molecule has 0 aromatic rings. The van der Waals surface area contributed by atoms with Crippen molar-refractivity contribution in [1.29, 1.82) is 0 Å². The number of rotatable bonds is 2. The van der Waals surface area contributed by atoms with Crippen LogP contribution in [0.4, 0.5) is 4.79 Å². The summed E-state index contributed by atoms with van der Waals surface area (Å²) in [4.78, 5) is 21.2. The predicted molar refractivity (Wildman–Crippen MR) is 41.7 cm³/mol. The van der Waals surface area contributed by atoms with E-state index >= 15 is 0 Å². The van der Waals surface area contributed by atoms with Crippen molar-refractivity contribution in [2.75, 3.05) is 0 Å².